The van der Waals surface area contributed by atoms with Gasteiger partial charge in [-0.25, -0.2) is 0 Å². The van der Waals surface area contributed by atoms with Crippen molar-refractivity contribution in [2.75, 3.05) is 12.4 Å². The monoisotopic (exact) mass is 390 g/mol. The van der Waals surface area contributed by atoms with E-state index >= 15 is 0 Å². The van der Waals surface area contributed by atoms with Crippen LogP contribution in [0.5, 0.6) is 5.75 Å². The first-order chi connectivity index (χ1) is 11.2. The van der Waals surface area contributed by atoms with Crippen LogP contribution < -0.4 is 4.74 Å². The number of nitrogens with zero attached hydrogens (tertiary/aromatic N) is 2. The van der Waals surface area contributed by atoms with Crippen LogP contribution in [0.2, 0.25) is 0 Å². The predicted molar refractivity (Wildman–Crippen MR) is 94.8 cm³/mol. The minimum Gasteiger partial charge on any atom is -0.493 e. The fraction of sp³-hybridized carbons (Fsp3) is 0.176. The average molecular weight is 391 g/mol. The van der Waals surface area contributed by atoms with Crippen molar-refractivity contribution in [3.8, 4) is 17.2 Å². The second-order valence-electron chi connectivity index (χ2n) is 4.89. The van der Waals surface area contributed by atoms with Crippen LogP contribution in [0, 0.1) is 6.92 Å². The van der Waals surface area contributed by atoms with E-state index in [4.69, 9.17) is 9.15 Å². The molecule has 4 nitrogen and oxygen atoms in total. The fourth-order valence-electron chi connectivity index (χ4n) is 1.93. The number of benzene rings is 2. The molecule has 3 aromatic rings. The molecule has 1 aromatic heterocycles. The zero-order valence-electron chi connectivity index (χ0n) is 12.5. The molecule has 6 heteroatoms. The lowest BCUT2D eigenvalue weighted by molar-refractivity contribution is 0.343. The number of thioether (sulfide) groups is 1. The lowest BCUT2D eigenvalue weighted by atomic mass is 10.2. The maximum Gasteiger partial charge on any atom is 0.276 e. The zero-order valence-corrected chi connectivity index (χ0v) is 14.9. The zero-order chi connectivity index (χ0) is 16.1. The van der Waals surface area contributed by atoms with Crippen LogP contribution in [0.3, 0.4) is 0 Å². The highest BCUT2D eigenvalue weighted by atomic mass is 79.9. The molecule has 0 amide bonds. The van der Waals surface area contributed by atoms with E-state index in [-0.39, 0.29) is 0 Å². The number of rotatable bonds is 6. The van der Waals surface area contributed by atoms with Gasteiger partial charge in [0.15, 0.2) is 0 Å². The van der Waals surface area contributed by atoms with Gasteiger partial charge in [-0.15, -0.1) is 10.2 Å². The van der Waals surface area contributed by atoms with Crippen LogP contribution in [0.25, 0.3) is 11.5 Å². The van der Waals surface area contributed by atoms with Gasteiger partial charge in [-0.1, -0.05) is 51.5 Å². The number of ether oxygens (including phenoxy) is 1. The van der Waals surface area contributed by atoms with Crippen LogP contribution in [-0.2, 0) is 0 Å². The van der Waals surface area contributed by atoms with Crippen molar-refractivity contribution in [2.45, 2.75) is 12.1 Å². The molecular weight excluding hydrogens is 376 g/mol. The summed E-state index contributed by atoms with van der Waals surface area (Å²) in [6, 6.07) is 15.8. The Hall–Kier alpha value is -1.79. The third-order valence-electron chi connectivity index (χ3n) is 3.08. The highest BCUT2D eigenvalue weighted by Crippen LogP contribution is 2.25. The molecule has 0 aliphatic carbocycles. The molecule has 3 rings (SSSR count). The summed E-state index contributed by atoms with van der Waals surface area (Å²) in [6.45, 7) is 2.64. The largest absolute Gasteiger partial charge is 0.493 e. The molecule has 0 unspecified atom stereocenters. The van der Waals surface area contributed by atoms with Gasteiger partial charge in [-0.2, -0.15) is 0 Å². The number of aryl methyl sites for hydroxylation is 1. The van der Waals surface area contributed by atoms with Crippen molar-refractivity contribution in [1.29, 1.82) is 0 Å². The normalized spacial score (nSPS) is 10.7. The van der Waals surface area contributed by atoms with Gasteiger partial charge in [0, 0.05) is 15.8 Å². The Morgan fingerprint density at radius 3 is 2.74 bits per heavy atom. The lowest BCUT2D eigenvalue weighted by Crippen LogP contribution is -1.99. The first-order valence-electron chi connectivity index (χ1n) is 7.12. The Balaban J connectivity index is 1.50. The van der Waals surface area contributed by atoms with Gasteiger partial charge in [0.25, 0.3) is 5.22 Å². The molecule has 0 aliphatic rings. The van der Waals surface area contributed by atoms with E-state index in [9.17, 15) is 0 Å². The molecule has 0 aliphatic heterocycles. The molecule has 0 saturated heterocycles. The van der Waals surface area contributed by atoms with Gasteiger partial charge >= 0.3 is 0 Å². The van der Waals surface area contributed by atoms with Crippen LogP contribution in [0.4, 0.5) is 0 Å². The van der Waals surface area contributed by atoms with Crippen molar-refractivity contribution < 1.29 is 9.15 Å². The second kappa shape index (κ2) is 7.66. The highest BCUT2D eigenvalue weighted by molar-refractivity contribution is 9.10. The van der Waals surface area contributed by atoms with E-state index in [0.29, 0.717) is 17.7 Å². The number of aromatic nitrogens is 2. The van der Waals surface area contributed by atoms with E-state index in [0.717, 1.165) is 21.5 Å². The Morgan fingerprint density at radius 2 is 1.96 bits per heavy atom. The van der Waals surface area contributed by atoms with Crippen molar-refractivity contribution in [3.63, 3.8) is 0 Å². The highest BCUT2D eigenvalue weighted by Gasteiger charge is 2.09. The molecule has 0 bridgehead atoms. The first-order valence-corrected chi connectivity index (χ1v) is 8.90. The van der Waals surface area contributed by atoms with Gasteiger partial charge in [-0.05, 0) is 37.3 Å². The predicted octanol–water partition coefficient (Wildman–Crippen LogP) is 4.98. The number of halogens is 1. The van der Waals surface area contributed by atoms with Crippen molar-refractivity contribution in [2.24, 2.45) is 0 Å². The first kappa shape index (κ1) is 16.1. The van der Waals surface area contributed by atoms with Gasteiger partial charge in [0.05, 0.1) is 6.61 Å². The minimum atomic E-state index is 0.522. The van der Waals surface area contributed by atoms with E-state index in [1.807, 2.05) is 48.5 Å². The fourth-order valence-corrected chi connectivity index (χ4v) is 2.91. The topological polar surface area (TPSA) is 48.2 Å². The Bertz CT molecular complexity index is 774. The van der Waals surface area contributed by atoms with Crippen LogP contribution >= 0.6 is 27.7 Å². The summed E-state index contributed by atoms with van der Waals surface area (Å²) in [6.07, 6.45) is 0. The maximum absolute atomic E-state index is 5.67. The Kier molecular flexibility index (Phi) is 5.35. The Morgan fingerprint density at radius 1 is 1.13 bits per heavy atom. The molecule has 118 valence electrons. The van der Waals surface area contributed by atoms with Gasteiger partial charge in [0.1, 0.15) is 5.75 Å². The average Bonchev–Trinajstić information content (AvgIpc) is 3.02. The van der Waals surface area contributed by atoms with Gasteiger partial charge in [0.2, 0.25) is 5.89 Å². The molecule has 1 heterocycles. The summed E-state index contributed by atoms with van der Waals surface area (Å²) in [5, 5.41) is 8.68. The third kappa shape index (κ3) is 4.59. The summed E-state index contributed by atoms with van der Waals surface area (Å²) in [5.74, 6) is 2.14. The van der Waals surface area contributed by atoms with Crippen LogP contribution in [-0.4, -0.2) is 22.6 Å². The lowest BCUT2D eigenvalue weighted by Gasteiger charge is -2.04. The SMILES string of the molecule is Cc1ccc(OCCSc2nnc(-c3cccc(Br)c3)o2)cc1. The molecule has 0 spiro atoms. The van der Waals surface area contributed by atoms with Crippen molar-refractivity contribution >= 4 is 27.7 Å². The van der Waals surface area contributed by atoms with Crippen molar-refractivity contribution in [3.05, 3.63) is 58.6 Å². The molecule has 0 saturated carbocycles. The Labute approximate surface area is 147 Å². The van der Waals surface area contributed by atoms with E-state index in [2.05, 4.69) is 33.1 Å². The molecule has 0 N–H and O–H groups in total. The van der Waals surface area contributed by atoms with E-state index < -0.39 is 0 Å². The standard InChI is InChI=1S/C17H15BrN2O2S/c1-12-5-7-15(8-6-12)21-9-10-23-17-20-19-16(22-17)13-3-2-4-14(18)11-13/h2-8,11H,9-10H2,1H3. The minimum absolute atomic E-state index is 0.522. The maximum atomic E-state index is 5.67. The number of hydrogen-bond acceptors (Lipinski definition) is 5. The van der Waals surface area contributed by atoms with E-state index in [1.54, 1.807) is 0 Å². The van der Waals surface area contributed by atoms with Crippen molar-refractivity contribution in [1.82, 2.24) is 10.2 Å². The van der Waals surface area contributed by atoms with Crippen LogP contribution in [0.1, 0.15) is 5.56 Å². The third-order valence-corrected chi connectivity index (χ3v) is 4.35. The van der Waals surface area contributed by atoms with Crippen LogP contribution in [0.15, 0.2) is 62.6 Å². The quantitative estimate of drug-likeness (QED) is 0.438. The molecule has 0 atom stereocenters. The van der Waals surface area contributed by atoms with Gasteiger partial charge in [-0.3, -0.25) is 0 Å². The number of hydrogen-bond donors (Lipinski definition) is 0. The molecular formula is C17H15BrN2O2S. The summed E-state index contributed by atoms with van der Waals surface area (Å²) in [4.78, 5) is 0. The van der Waals surface area contributed by atoms with E-state index in [1.165, 1.54) is 17.3 Å². The second-order valence-corrected chi connectivity index (χ2v) is 6.86. The van der Waals surface area contributed by atoms with Gasteiger partial charge < -0.3 is 9.15 Å². The molecule has 0 radical (unpaired) electrons. The smallest absolute Gasteiger partial charge is 0.276 e. The molecule has 0 fully saturated rings. The summed E-state index contributed by atoms with van der Waals surface area (Å²) in [7, 11) is 0. The summed E-state index contributed by atoms with van der Waals surface area (Å²) >= 11 is 4.92. The summed E-state index contributed by atoms with van der Waals surface area (Å²) < 4.78 is 12.3. The molecule has 23 heavy (non-hydrogen) atoms. The molecule has 2 aromatic carbocycles. The summed E-state index contributed by atoms with van der Waals surface area (Å²) in [5.41, 5.74) is 2.12.